The highest BCUT2D eigenvalue weighted by atomic mass is 19.3. The molecule has 1 atom stereocenters. The zero-order valence-electron chi connectivity index (χ0n) is 17.1. The molecule has 1 fully saturated rings. The highest BCUT2D eigenvalue weighted by Crippen LogP contribution is 2.42. The lowest BCUT2D eigenvalue weighted by Crippen LogP contribution is -2.47. The largest absolute Gasteiger partial charge is 0.353 e. The van der Waals surface area contributed by atoms with Gasteiger partial charge in [-0.3, -0.25) is 19.2 Å². The number of amides is 3. The Morgan fingerprint density at radius 1 is 1.25 bits per heavy atom. The molecule has 1 aromatic rings. The first-order valence-electron chi connectivity index (χ1n) is 9.51. The number of Topliss-reactive ketones (excluding diaryl/α,β-unsaturated/α-hetero) is 1. The van der Waals surface area contributed by atoms with Gasteiger partial charge in [0.25, 0.3) is 11.8 Å². The SMILES string of the molecule is CNC(=O)C(=O)[C@H](CCC(C)(F)F)NC(=O)c1cc(F)cnc1NC(=O)C1CC(F)(F)C1. The monoisotopic (exact) mass is 464 g/mol. The lowest BCUT2D eigenvalue weighted by Gasteiger charge is -2.33. The number of aromatic nitrogens is 1. The van der Waals surface area contributed by atoms with Gasteiger partial charge in [0.2, 0.25) is 23.5 Å². The lowest BCUT2D eigenvalue weighted by molar-refractivity contribution is -0.145. The molecule has 0 saturated heterocycles. The third kappa shape index (κ3) is 6.69. The van der Waals surface area contributed by atoms with Crippen LogP contribution in [0.1, 0.15) is 43.0 Å². The summed E-state index contributed by atoms with van der Waals surface area (Å²) in [6.45, 7) is 0.588. The highest BCUT2D eigenvalue weighted by molar-refractivity contribution is 6.38. The van der Waals surface area contributed by atoms with E-state index < -0.39 is 90.2 Å². The summed E-state index contributed by atoms with van der Waals surface area (Å²) in [5.74, 6) is -13.1. The van der Waals surface area contributed by atoms with Crippen molar-refractivity contribution in [2.24, 2.45) is 5.92 Å². The fourth-order valence-electron chi connectivity index (χ4n) is 2.96. The maximum absolute atomic E-state index is 13.7. The molecule has 1 heterocycles. The summed E-state index contributed by atoms with van der Waals surface area (Å²) in [6, 6.07) is -1.02. The number of alkyl halides is 4. The van der Waals surface area contributed by atoms with Gasteiger partial charge in [-0.1, -0.05) is 0 Å². The molecule has 176 valence electrons. The Morgan fingerprint density at radius 2 is 1.88 bits per heavy atom. The number of likely N-dealkylation sites (N-methyl/N-ethyl adjacent to an activating group) is 1. The number of hydrogen-bond donors (Lipinski definition) is 3. The molecule has 8 nitrogen and oxygen atoms in total. The van der Waals surface area contributed by atoms with E-state index in [-0.39, 0.29) is 0 Å². The molecule has 0 unspecified atom stereocenters. The van der Waals surface area contributed by atoms with Gasteiger partial charge in [-0.15, -0.1) is 0 Å². The molecule has 0 radical (unpaired) electrons. The van der Waals surface area contributed by atoms with Crippen molar-refractivity contribution in [3.8, 4) is 0 Å². The normalized spacial score (nSPS) is 16.5. The van der Waals surface area contributed by atoms with Gasteiger partial charge in [0.1, 0.15) is 11.6 Å². The van der Waals surface area contributed by atoms with E-state index in [1.165, 1.54) is 0 Å². The van der Waals surface area contributed by atoms with Crippen molar-refractivity contribution >= 4 is 29.3 Å². The van der Waals surface area contributed by atoms with E-state index >= 15 is 0 Å². The first-order valence-corrected chi connectivity index (χ1v) is 9.51. The zero-order chi connectivity index (χ0) is 24.3. The molecule has 1 saturated carbocycles. The fourth-order valence-corrected chi connectivity index (χ4v) is 2.96. The summed E-state index contributed by atoms with van der Waals surface area (Å²) in [4.78, 5) is 52.1. The van der Waals surface area contributed by atoms with Gasteiger partial charge in [0.05, 0.1) is 17.8 Å². The van der Waals surface area contributed by atoms with Crippen molar-refractivity contribution in [3.05, 3.63) is 23.6 Å². The molecule has 3 amide bonds. The number of carbonyl (C=O) groups excluding carboxylic acids is 4. The van der Waals surface area contributed by atoms with E-state index in [2.05, 4.69) is 15.6 Å². The van der Waals surface area contributed by atoms with Gasteiger partial charge in [-0.2, -0.15) is 0 Å². The smallest absolute Gasteiger partial charge is 0.289 e. The van der Waals surface area contributed by atoms with Crippen LogP contribution >= 0.6 is 0 Å². The summed E-state index contributed by atoms with van der Waals surface area (Å²) < 4.78 is 66.1. The van der Waals surface area contributed by atoms with Crippen LogP contribution in [0.5, 0.6) is 0 Å². The molecule has 3 N–H and O–H groups in total. The van der Waals surface area contributed by atoms with E-state index in [9.17, 15) is 41.1 Å². The Bertz CT molecular complexity index is 911. The molecule has 0 aromatic carbocycles. The van der Waals surface area contributed by atoms with Crippen LogP contribution in [0.15, 0.2) is 12.3 Å². The van der Waals surface area contributed by atoms with Gasteiger partial charge in [0.15, 0.2) is 0 Å². The maximum atomic E-state index is 13.7. The number of ketones is 1. The van der Waals surface area contributed by atoms with Crippen molar-refractivity contribution in [1.29, 1.82) is 0 Å². The Labute approximate surface area is 179 Å². The van der Waals surface area contributed by atoms with Crippen molar-refractivity contribution in [2.75, 3.05) is 12.4 Å². The summed E-state index contributed by atoms with van der Waals surface area (Å²) in [7, 11) is 1.13. The molecule has 13 heteroatoms. The lowest BCUT2D eigenvalue weighted by atomic mass is 9.81. The number of halogens is 5. The minimum atomic E-state index is -3.20. The van der Waals surface area contributed by atoms with Crippen molar-refractivity contribution < 1.29 is 41.1 Å². The molecular formula is C19H21F5N4O4. The average Bonchev–Trinajstić information content (AvgIpc) is 2.68. The molecule has 1 aliphatic carbocycles. The fraction of sp³-hybridized carbons (Fsp3) is 0.526. The molecule has 0 aliphatic heterocycles. The first-order chi connectivity index (χ1) is 14.7. The number of nitrogens with one attached hydrogen (secondary N) is 3. The van der Waals surface area contributed by atoms with Crippen LogP contribution in [0.2, 0.25) is 0 Å². The molecular weight excluding hydrogens is 443 g/mol. The van der Waals surface area contributed by atoms with Gasteiger partial charge in [-0.05, 0) is 19.4 Å². The van der Waals surface area contributed by atoms with E-state index in [1.54, 1.807) is 0 Å². The average molecular weight is 464 g/mol. The molecule has 1 aliphatic rings. The Hall–Kier alpha value is -3.12. The first kappa shape index (κ1) is 25.1. The second kappa shape index (κ2) is 9.57. The van der Waals surface area contributed by atoms with Crippen LogP contribution in [-0.4, -0.2) is 53.4 Å². The van der Waals surface area contributed by atoms with E-state index in [4.69, 9.17) is 0 Å². The summed E-state index contributed by atoms with van der Waals surface area (Å²) >= 11 is 0. The van der Waals surface area contributed by atoms with Gasteiger partial charge in [0, 0.05) is 32.2 Å². The van der Waals surface area contributed by atoms with Crippen LogP contribution in [0, 0.1) is 11.7 Å². The Kier molecular flexibility index (Phi) is 7.52. The number of hydrogen-bond acceptors (Lipinski definition) is 5. The van der Waals surface area contributed by atoms with Gasteiger partial charge < -0.3 is 16.0 Å². The second-order valence-electron chi connectivity index (χ2n) is 7.58. The summed E-state index contributed by atoms with van der Waals surface area (Å²) in [5, 5.41) is 6.24. The summed E-state index contributed by atoms with van der Waals surface area (Å²) in [6.07, 6.45) is -2.19. The minimum absolute atomic E-state index is 0.476. The van der Waals surface area contributed by atoms with Crippen molar-refractivity contribution in [3.63, 3.8) is 0 Å². The third-order valence-electron chi connectivity index (χ3n) is 4.75. The predicted molar refractivity (Wildman–Crippen MR) is 101 cm³/mol. The quantitative estimate of drug-likeness (QED) is 0.382. The van der Waals surface area contributed by atoms with Crippen LogP contribution in [0.4, 0.5) is 27.8 Å². The zero-order valence-corrected chi connectivity index (χ0v) is 17.1. The predicted octanol–water partition coefficient (Wildman–Crippen LogP) is 2.05. The second-order valence-corrected chi connectivity index (χ2v) is 7.58. The number of nitrogens with zero attached hydrogens (tertiary/aromatic N) is 1. The molecule has 1 aromatic heterocycles. The number of carbonyl (C=O) groups is 4. The Balaban J connectivity index is 2.21. The van der Waals surface area contributed by atoms with E-state index in [0.29, 0.717) is 19.2 Å². The van der Waals surface area contributed by atoms with E-state index in [1.807, 2.05) is 5.32 Å². The van der Waals surface area contributed by atoms with E-state index in [0.717, 1.165) is 7.05 Å². The molecule has 0 bridgehead atoms. The Morgan fingerprint density at radius 3 is 2.41 bits per heavy atom. The van der Waals surface area contributed by atoms with Crippen LogP contribution in [0.3, 0.4) is 0 Å². The molecule has 32 heavy (non-hydrogen) atoms. The topological polar surface area (TPSA) is 117 Å². The van der Waals surface area contributed by atoms with Crippen LogP contribution < -0.4 is 16.0 Å². The third-order valence-corrected chi connectivity index (χ3v) is 4.75. The highest BCUT2D eigenvalue weighted by Gasteiger charge is 2.48. The number of pyridine rings is 1. The van der Waals surface area contributed by atoms with Crippen molar-refractivity contribution in [1.82, 2.24) is 15.6 Å². The van der Waals surface area contributed by atoms with Gasteiger partial charge in [-0.25, -0.2) is 26.9 Å². The van der Waals surface area contributed by atoms with Crippen LogP contribution in [0.25, 0.3) is 0 Å². The van der Waals surface area contributed by atoms with Crippen LogP contribution in [-0.2, 0) is 14.4 Å². The number of anilines is 1. The minimum Gasteiger partial charge on any atom is -0.353 e. The van der Waals surface area contributed by atoms with Gasteiger partial charge >= 0.3 is 0 Å². The maximum Gasteiger partial charge on any atom is 0.289 e. The molecule has 2 rings (SSSR count). The molecule has 0 spiro atoms. The summed E-state index contributed by atoms with van der Waals surface area (Å²) in [5.41, 5.74) is -0.581. The number of rotatable bonds is 9. The standard InChI is InChI=1S/C19H21F5N4O4/c1-18(21,22)4-3-12(13(29)17(32)25-2)27-16(31)11-5-10(20)8-26-14(11)28-15(30)9-6-19(23,24)7-9/h5,8-9,12H,3-4,6-7H2,1-2H3,(H,25,32)(H,27,31)(H,26,28,30)/t12-/m0/s1. The van der Waals surface area contributed by atoms with Crippen molar-refractivity contribution in [2.45, 2.75) is 50.5 Å².